The van der Waals surface area contributed by atoms with E-state index in [-0.39, 0.29) is 5.78 Å². The molecule has 0 aliphatic heterocycles. The Balaban J connectivity index is 3.54. The zero-order valence-corrected chi connectivity index (χ0v) is 16.4. The van der Waals surface area contributed by atoms with Crippen LogP contribution in [-0.2, 0) is 9.59 Å². The van der Waals surface area contributed by atoms with Gasteiger partial charge in [0.2, 0.25) is 6.29 Å². The molecule has 0 rings (SSSR count). The first kappa shape index (κ1) is 23.3. The van der Waals surface area contributed by atoms with Gasteiger partial charge in [0.15, 0.2) is 0 Å². The third kappa shape index (κ3) is 14.9. The third-order valence-electron chi connectivity index (χ3n) is 4.90. The fraction of sp³-hybridized carbons (Fsp3) is 0.909. The molecule has 0 amide bonds. The van der Waals surface area contributed by atoms with Gasteiger partial charge in [0.05, 0.1) is 5.92 Å². The van der Waals surface area contributed by atoms with Crippen LogP contribution in [0, 0.1) is 5.92 Å². The van der Waals surface area contributed by atoms with Gasteiger partial charge >= 0.3 is 0 Å². The quantitative estimate of drug-likeness (QED) is 0.189. The lowest BCUT2D eigenvalue weighted by Gasteiger charge is -2.08. The average Bonchev–Trinajstić information content (AvgIpc) is 2.59. The highest BCUT2D eigenvalue weighted by atomic mass is 16.1. The van der Waals surface area contributed by atoms with Gasteiger partial charge in [-0.15, -0.1) is 0 Å². The van der Waals surface area contributed by atoms with Crippen molar-refractivity contribution in [1.82, 2.24) is 0 Å². The monoisotopic (exact) mass is 337 g/mol. The fourth-order valence-electron chi connectivity index (χ4n) is 3.20. The summed E-state index contributed by atoms with van der Waals surface area (Å²) >= 11 is 0. The molecule has 1 atom stereocenters. The van der Waals surface area contributed by atoms with Crippen molar-refractivity contribution in [2.45, 2.75) is 123 Å². The Morgan fingerprint density at radius 3 is 1.54 bits per heavy atom. The first-order chi connectivity index (χ1) is 11.8. The highest BCUT2D eigenvalue weighted by molar-refractivity contribution is 5.93. The van der Waals surface area contributed by atoms with Gasteiger partial charge in [-0.1, -0.05) is 104 Å². The molecule has 0 N–H and O–H groups in total. The molecule has 0 aromatic rings. The van der Waals surface area contributed by atoms with Crippen molar-refractivity contribution >= 4 is 12.1 Å². The number of unbranched alkanes of at least 4 members (excludes halogenated alkanes) is 13. The van der Waals surface area contributed by atoms with E-state index in [4.69, 9.17) is 0 Å². The summed E-state index contributed by atoms with van der Waals surface area (Å²) in [5.41, 5.74) is 0. The number of rotatable bonds is 19. The predicted molar refractivity (Wildman–Crippen MR) is 104 cm³/mol. The maximum atomic E-state index is 12.1. The molecule has 1 unspecified atom stereocenters. The van der Waals surface area contributed by atoms with Crippen LogP contribution in [-0.4, -0.2) is 12.1 Å². The number of hydrogen-bond donors (Lipinski definition) is 0. The van der Waals surface area contributed by atoms with Crippen molar-refractivity contribution in [2.24, 2.45) is 5.92 Å². The highest BCUT2D eigenvalue weighted by Crippen LogP contribution is 2.16. The molecule has 0 fully saturated rings. The number of carbonyl (C=O) groups is 1. The van der Waals surface area contributed by atoms with Crippen LogP contribution < -0.4 is 0 Å². The largest absolute Gasteiger partial charge is 0.299 e. The fourth-order valence-corrected chi connectivity index (χ4v) is 3.20. The molecular weight excluding hydrogens is 296 g/mol. The van der Waals surface area contributed by atoms with Crippen molar-refractivity contribution in [3.8, 4) is 0 Å². The minimum atomic E-state index is -0.454. The van der Waals surface area contributed by atoms with Gasteiger partial charge < -0.3 is 0 Å². The van der Waals surface area contributed by atoms with Crippen molar-refractivity contribution in [2.75, 3.05) is 0 Å². The second-order valence-electron chi connectivity index (χ2n) is 7.27. The molecule has 0 spiro atoms. The lowest BCUT2D eigenvalue weighted by Crippen LogP contribution is -2.15. The Morgan fingerprint density at radius 1 is 0.667 bits per heavy atom. The standard InChI is InChI=1S/C22H41O2/c1-3-5-7-9-11-13-14-16-18-21(20-23)22(24)19-17-15-12-10-8-6-4-2/h21H,3-19H2,1-2H3. The van der Waals surface area contributed by atoms with Crippen LogP contribution in [0.5, 0.6) is 0 Å². The number of ketones is 1. The molecule has 2 nitrogen and oxygen atoms in total. The van der Waals surface area contributed by atoms with Gasteiger partial charge in [0.1, 0.15) is 5.78 Å². The van der Waals surface area contributed by atoms with E-state index in [0.717, 1.165) is 25.7 Å². The molecule has 0 heterocycles. The van der Waals surface area contributed by atoms with E-state index in [1.54, 1.807) is 0 Å². The van der Waals surface area contributed by atoms with Gasteiger partial charge in [-0.05, 0) is 12.8 Å². The Morgan fingerprint density at radius 2 is 1.08 bits per heavy atom. The first-order valence-electron chi connectivity index (χ1n) is 10.7. The summed E-state index contributed by atoms with van der Waals surface area (Å²) in [6.07, 6.45) is 21.7. The van der Waals surface area contributed by atoms with Gasteiger partial charge in [0.25, 0.3) is 0 Å². The van der Waals surface area contributed by atoms with Crippen molar-refractivity contribution in [3.05, 3.63) is 0 Å². The number of Topliss-reactive ketones (excluding diaryl/α,β-unsaturated/α-hetero) is 1. The molecule has 2 heteroatoms. The summed E-state index contributed by atoms with van der Waals surface area (Å²) in [7, 11) is 0. The van der Waals surface area contributed by atoms with E-state index in [1.165, 1.54) is 70.6 Å². The maximum Gasteiger partial charge on any atom is 0.209 e. The minimum Gasteiger partial charge on any atom is -0.299 e. The van der Waals surface area contributed by atoms with Crippen LogP contribution >= 0.6 is 0 Å². The van der Waals surface area contributed by atoms with Crippen LogP contribution in [0.1, 0.15) is 123 Å². The van der Waals surface area contributed by atoms with Crippen LogP contribution in [0.4, 0.5) is 0 Å². The maximum absolute atomic E-state index is 12.1. The molecule has 0 aliphatic carbocycles. The Kier molecular flexibility index (Phi) is 18.2. The predicted octanol–water partition coefficient (Wildman–Crippen LogP) is 6.95. The van der Waals surface area contributed by atoms with Crippen LogP contribution in [0.25, 0.3) is 0 Å². The highest BCUT2D eigenvalue weighted by Gasteiger charge is 2.17. The molecule has 0 saturated carbocycles. The Bertz CT molecular complexity index is 286. The summed E-state index contributed by atoms with van der Waals surface area (Å²) in [5.74, 6) is -0.327. The smallest absolute Gasteiger partial charge is 0.209 e. The zero-order valence-electron chi connectivity index (χ0n) is 16.4. The molecular formula is C22H41O2. The van der Waals surface area contributed by atoms with E-state index < -0.39 is 5.92 Å². The normalized spacial score (nSPS) is 12.2. The van der Waals surface area contributed by atoms with Gasteiger partial charge in [-0.2, -0.15) is 0 Å². The molecule has 0 aromatic heterocycles. The van der Waals surface area contributed by atoms with E-state index >= 15 is 0 Å². The average molecular weight is 338 g/mol. The number of carbonyl (C=O) groups excluding carboxylic acids is 2. The lowest BCUT2D eigenvalue weighted by molar-refractivity contribution is -0.121. The van der Waals surface area contributed by atoms with E-state index in [9.17, 15) is 9.59 Å². The molecule has 0 aliphatic rings. The topological polar surface area (TPSA) is 34.1 Å². The van der Waals surface area contributed by atoms with Crippen LogP contribution in [0.2, 0.25) is 0 Å². The number of hydrogen-bond acceptors (Lipinski definition) is 2. The second kappa shape index (κ2) is 18.7. The molecule has 141 valence electrons. The van der Waals surface area contributed by atoms with Gasteiger partial charge in [-0.25, -0.2) is 0 Å². The first-order valence-corrected chi connectivity index (χ1v) is 10.7. The van der Waals surface area contributed by atoms with Crippen molar-refractivity contribution in [1.29, 1.82) is 0 Å². The zero-order chi connectivity index (χ0) is 17.9. The molecule has 1 radical (unpaired) electrons. The third-order valence-corrected chi connectivity index (χ3v) is 4.90. The second-order valence-corrected chi connectivity index (χ2v) is 7.27. The van der Waals surface area contributed by atoms with Gasteiger partial charge in [0, 0.05) is 6.42 Å². The van der Waals surface area contributed by atoms with Crippen LogP contribution in [0.15, 0.2) is 0 Å². The minimum absolute atomic E-state index is 0.126. The van der Waals surface area contributed by atoms with Crippen LogP contribution in [0.3, 0.4) is 0 Å². The van der Waals surface area contributed by atoms with Gasteiger partial charge in [-0.3, -0.25) is 9.59 Å². The summed E-state index contributed by atoms with van der Waals surface area (Å²) in [6.45, 7) is 4.46. The molecule has 0 saturated heterocycles. The summed E-state index contributed by atoms with van der Waals surface area (Å²) in [5, 5.41) is 0. The lowest BCUT2D eigenvalue weighted by atomic mass is 9.94. The SMILES string of the molecule is CCCCCCCCCCC([C]=O)C(=O)CCCCCCCCC. The van der Waals surface area contributed by atoms with E-state index in [1.807, 2.05) is 6.29 Å². The van der Waals surface area contributed by atoms with E-state index in [2.05, 4.69) is 13.8 Å². The van der Waals surface area contributed by atoms with E-state index in [0.29, 0.717) is 12.8 Å². The Labute approximate surface area is 151 Å². The van der Waals surface area contributed by atoms with Crippen molar-refractivity contribution in [3.63, 3.8) is 0 Å². The Hall–Kier alpha value is -0.660. The van der Waals surface area contributed by atoms with Crippen molar-refractivity contribution < 1.29 is 9.59 Å². The summed E-state index contributed by atoms with van der Waals surface area (Å²) < 4.78 is 0. The summed E-state index contributed by atoms with van der Waals surface area (Å²) in [4.78, 5) is 23.1. The summed E-state index contributed by atoms with van der Waals surface area (Å²) in [6, 6.07) is 0. The molecule has 0 aromatic carbocycles. The molecule has 24 heavy (non-hydrogen) atoms. The molecule has 0 bridgehead atoms.